The molecule has 12 heavy (non-hydrogen) atoms. The molecule has 0 saturated carbocycles. The zero-order chi connectivity index (χ0) is 6.85. The molecular formula is C8H14F3N. The SMILES string of the molecule is Cc1ccc(N)c(C)c1.F.F.F. The molecule has 0 aliphatic rings. The van der Waals surface area contributed by atoms with E-state index in [2.05, 4.69) is 13.0 Å². The van der Waals surface area contributed by atoms with Gasteiger partial charge in [0, 0.05) is 5.69 Å². The first-order chi connectivity index (χ1) is 4.20. The van der Waals surface area contributed by atoms with E-state index in [9.17, 15) is 0 Å². The number of nitrogen functional groups attached to an aromatic ring is 1. The summed E-state index contributed by atoms with van der Waals surface area (Å²) in [6, 6.07) is 6.03. The number of aryl methyl sites for hydroxylation is 2. The molecule has 4 heteroatoms. The molecule has 0 radical (unpaired) electrons. The Morgan fingerprint density at radius 2 is 1.50 bits per heavy atom. The summed E-state index contributed by atoms with van der Waals surface area (Å²) in [4.78, 5) is 0. The fraction of sp³-hybridized carbons (Fsp3) is 0.250. The molecule has 0 spiro atoms. The van der Waals surface area contributed by atoms with E-state index in [1.807, 2.05) is 19.1 Å². The second-order valence-corrected chi connectivity index (χ2v) is 2.36. The van der Waals surface area contributed by atoms with E-state index in [0.717, 1.165) is 11.3 Å². The molecule has 0 aliphatic carbocycles. The minimum absolute atomic E-state index is 0. The zero-order valence-electron chi connectivity index (χ0n) is 7.03. The van der Waals surface area contributed by atoms with Crippen LogP contribution >= 0.6 is 0 Å². The van der Waals surface area contributed by atoms with Gasteiger partial charge >= 0.3 is 0 Å². The predicted molar refractivity (Wildman–Crippen MR) is 47.8 cm³/mol. The summed E-state index contributed by atoms with van der Waals surface area (Å²) in [6.07, 6.45) is 0. The van der Waals surface area contributed by atoms with Crippen LogP contribution in [0.5, 0.6) is 0 Å². The summed E-state index contributed by atoms with van der Waals surface area (Å²) in [6.45, 7) is 4.08. The van der Waals surface area contributed by atoms with Crippen LogP contribution in [-0.4, -0.2) is 0 Å². The van der Waals surface area contributed by atoms with Gasteiger partial charge in [0.2, 0.25) is 0 Å². The highest BCUT2D eigenvalue weighted by molar-refractivity contribution is 5.47. The number of hydrogen-bond donors (Lipinski definition) is 1. The maximum atomic E-state index is 5.59. The van der Waals surface area contributed by atoms with Gasteiger partial charge in [-0.25, -0.2) is 0 Å². The average molecular weight is 181 g/mol. The zero-order valence-corrected chi connectivity index (χ0v) is 7.03. The first-order valence-corrected chi connectivity index (χ1v) is 3.03. The van der Waals surface area contributed by atoms with Gasteiger partial charge in [-0.2, -0.15) is 0 Å². The number of rotatable bonds is 0. The van der Waals surface area contributed by atoms with Gasteiger partial charge in [-0.1, -0.05) is 17.7 Å². The van der Waals surface area contributed by atoms with Gasteiger partial charge in [0.15, 0.2) is 0 Å². The van der Waals surface area contributed by atoms with Crippen molar-refractivity contribution >= 4 is 5.69 Å². The molecule has 0 amide bonds. The van der Waals surface area contributed by atoms with E-state index < -0.39 is 0 Å². The summed E-state index contributed by atoms with van der Waals surface area (Å²) in [5, 5.41) is 0. The molecule has 0 heterocycles. The lowest BCUT2D eigenvalue weighted by molar-refractivity contribution is 1.11. The number of benzene rings is 1. The van der Waals surface area contributed by atoms with E-state index in [4.69, 9.17) is 5.73 Å². The van der Waals surface area contributed by atoms with Crippen molar-refractivity contribution in [3.63, 3.8) is 0 Å². The quantitative estimate of drug-likeness (QED) is 0.611. The van der Waals surface area contributed by atoms with Crippen molar-refractivity contribution in [2.75, 3.05) is 5.73 Å². The topological polar surface area (TPSA) is 26.0 Å². The van der Waals surface area contributed by atoms with Gasteiger partial charge in [-0.05, 0) is 25.5 Å². The molecule has 0 bridgehead atoms. The minimum atomic E-state index is 0. The standard InChI is InChI=1S/C8H11N.3FH/c1-6-3-4-8(9)7(2)5-6;;;/h3-5H,9H2,1-2H3;3*1H. The predicted octanol–water partition coefficient (Wildman–Crippen LogP) is 2.34. The van der Waals surface area contributed by atoms with Crippen molar-refractivity contribution in [3.05, 3.63) is 29.3 Å². The maximum absolute atomic E-state index is 5.59. The Morgan fingerprint density at radius 1 is 1.00 bits per heavy atom. The molecular weight excluding hydrogens is 167 g/mol. The van der Waals surface area contributed by atoms with Crippen LogP contribution in [0.15, 0.2) is 18.2 Å². The van der Waals surface area contributed by atoms with Crippen LogP contribution in [0.2, 0.25) is 0 Å². The molecule has 1 rings (SSSR count). The second kappa shape index (κ2) is 6.52. The van der Waals surface area contributed by atoms with Crippen molar-refractivity contribution in [1.29, 1.82) is 0 Å². The van der Waals surface area contributed by atoms with E-state index in [0.29, 0.717) is 0 Å². The molecule has 0 aromatic heterocycles. The third kappa shape index (κ3) is 3.85. The van der Waals surface area contributed by atoms with Gasteiger partial charge in [-0.15, -0.1) is 0 Å². The molecule has 72 valence electrons. The molecule has 0 saturated heterocycles. The average Bonchev–Trinajstić information content (AvgIpc) is 1.80. The lowest BCUT2D eigenvalue weighted by Crippen LogP contribution is -1.88. The number of hydrogen-bond acceptors (Lipinski definition) is 1. The van der Waals surface area contributed by atoms with E-state index in [1.54, 1.807) is 0 Å². The van der Waals surface area contributed by atoms with Crippen LogP contribution < -0.4 is 5.73 Å². The van der Waals surface area contributed by atoms with Crippen molar-refractivity contribution in [2.45, 2.75) is 13.8 Å². The Kier molecular flexibility index (Phi) is 9.26. The summed E-state index contributed by atoms with van der Waals surface area (Å²) >= 11 is 0. The second-order valence-electron chi connectivity index (χ2n) is 2.36. The van der Waals surface area contributed by atoms with Crippen LogP contribution in [0.1, 0.15) is 11.1 Å². The number of halogens is 3. The number of anilines is 1. The molecule has 2 N–H and O–H groups in total. The monoisotopic (exact) mass is 181 g/mol. The van der Waals surface area contributed by atoms with Crippen LogP contribution in [0.25, 0.3) is 0 Å². The third-order valence-corrected chi connectivity index (χ3v) is 1.43. The molecule has 0 aliphatic heterocycles. The van der Waals surface area contributed by atoms with Gasteiger partial charge in [0.05, 0.1) is 0 Å². The Bertz CT molecular complexity index is 226. The van der Waals surface area contributed by atoms with Crippen LogP contribution in [-0.2, 0) is 0 Å². The van der Waals surface area contributed by atoms with Gasteiger partial charge < -0.3 is 5.73 Å². The smallest absolute Gasteiger partial charge is 0.0343 e. The highest BCUT2D eigenvalue weighted by atomic mass is 19.0. The first-order valence-electron chi connectivity index (χ1n) is 3.03. The minimum Gasteiger partial charge on any atom is -0.399 e. The number of nitrogens with two attached hydrogens (primary N) is 1. The van der Waals surface area contributed by atoms with E-state index in [-0.39, 0.29) is 14.1 Å². The van der Waals surface area contributed by atoms with E-state index in [1.165, 1.54) is 5.56 Å². The molecule has 0 atom stereocenters. The van der Waals surface area contributed by atoms with Crippen LogP contribution in [0, 0.1) is 13.8 Å². The Morgan fingerprint density at radius 3 is 1.83 bits per heavy atom. The van der Waals surface area contributed by atoms with Gasteiger partial charge in [-0.3, -0.25) is 14.1 Å². The Balaban J connectivity index is -0.000000270. The van der Waals surface area contributed by atoms with Crippen LogP contribution in [0.3, 0.4) is 0 Å². The molecule has 0 unspecified atom stereocenters. The van der Waals surface area contributed by atoms with Gasteiger partial charge in [0.1, 0.15) is 0 Å². The van der Waals surface area contributed by atoms with Gasteiger partial charge in [0.25, 0.3) is 0 Å². The van der Waals surface area contributed by atoms with Crippen molar-refractivity contribution in [1.82, 2.24) is 0 Å². The maximum Gasteiger partial charge on any atom is 0.0343 e. The molecule has 1 aromatic rings. The molecule has 1 aromatic carbocycles. The van der Waals surface area contributed by atoms with Crippen LogP contribution in [0.4, 0.5) is 19.8 Å². The summed E-state index contributed by atoms with van der Waals surface area (Å²) in [5.74, 6) is 0. The van der Waals surface area contributed by atoms with Crippen molar-refractivity contribution in [2.24, 2.45) is 0 Å². The summed E-state index contributed by atoms with van der Waals surface area (Å²) < 4.78 is 0. The first kappa shape index (κ1) is 17.1. The molecule has 0 fully saturated rings. The summed E-state index contributed by atoms with van der Waals surface area (Å²) in [5.41, 5.74) is 8.89. The Hall–Kier alpha value is -1.19. The van der Waals surface area contributed by atoms with Crippen molar-refractivity contribution in [3.8, 4) is 0 Å². The Labute approximate surface area is 69.7 Å². The fourth-order valence-electron chi connectivity index (χ4n) is 0.826. The highest BCUT2D eigenvalue weighted by Gasteiger charge is 1.89. The largest absolute Gasteiger partial charge is 0.399 e. The third-order valence-electron chi connectivity index (χ3n) is 1.43. The van der Waals surface area contributed by atoms with Crippen molar-refractivity contribution < 1.29 is 14.1 Å². The normalized spacial score (nSPS) is 7.17. The highest BCUT2D eigenvalue weighted by Crippen LogP contribution is 2.10. The lowest BCUT2D eigenvalue weighted by atomic mass is 10.1. The fourth-order valence-corrected chi connectivity index (χ4v) is 0.826. The lowest BCUT2D eigenvalue weighted by Gasteiger charge is -1.98. The summed E-state index contributed by atoms with van der Waals surface area (Å²) in [7, 11) is 0. The molecule has 1 nitrogen and oxygen atoms in total. The van der Waals surface area contributed by atoms with E-state index >= 15 is 0 Å².